The van der Waals surface area contributed by atoms with E-state index in [9.17, 15) is 58.2 Å². The van der Waals surface area contributed by atoms with Crippen LogP contribution in [-0.4, -0.2) is 156 Å². The molecule has 27 heteroatoms. The number of carbonyl (C=O) groups excluding carboxylic acids is 10. The van der Waals surface area contributed by atoms with Gasteiger partial charge in [0, 0.05) is 13.0 Å². The van der Waals surface area contributed by atoms with Gasteiger partial charge < -0.3 is 91.9 Å². The monoisotopic (exact) mass is 1050 g/mol. The fourth-order valence-electron chi connectivity index (χ4n) is 7.17. The minimum absolute atomic E-state index is 0.0446. The number of unbranched alkanes of at least 4 members (excludes halogenated alkanes) is 2. The summed E-state index contributed by atoms with van der Waals surface area (Å²) < 4.78 is 0. The van der Waals surface area contributed by atoms with Gasteiger partial charge in [-0.1, -0.05) is 46.2 Å². The zero-order valence-corrected chi connectivity index (χ0v) is 43.0. The number of nitrogens with zero attached hydrogens (tertiary/aromatic N) is 1. The Balaban J connectivity index is 3.49. The lowest BCUT2D eigenvalue weighted by atomic mass is 9.99. The number of phenols is 1. The third kappa shape index (κ3) is 25.1. The number of phenolic OH excluding ortho intramolecular Hbond substituents is 1. The van der Waals surface area contributed by atoms with E-state index in [1.54, 1.807) is 27.7 Å². The smallest absolute Gasteiger partial charge is 0.245 e. The molecule has 1 aromatic rings. The van der Waals surface area contributed by atoms with Crippen LogP contribution in [0.4, 0.5) is 0 Å². The van der Waals surface area contributed by atoms with Gasteiger partial charge in [0.1, 0.15) is 48.3 Å². The Morgan fingerprint density at radius 1 is 0.595 bits per heavy atom. The summed E-state index contributed by atoms with van der Waals surface area (Å²) in [6.07, 6.45) is 0.678. The van der Waals surface area contributed by atoms with Gasteiger partial charge in [0.2, 0.25) is 53.2 Å². The van der Waals surface area contributed by atoms with E-state index in [1.807, 2.05) is 0 Å². The number of amides is 9. The Bertz CT molecular complexity index is 2040. The van der Waals surface area contributed by atoms with Crippen LogP contribution in [0.15, 0.2) is 29.3 Å². The molecular weight excluding hydrogens is 967 g/mol. The molecule has 0 fully saturated rings. The standard InChI is InChI=1S/C47H81N15O12/c1-25(2)37(44(72)55-23-36(67)56-29(24-63)22-35(51)66)60-45(73)38(26(3)4)61-46(74)39(27(5)64)62-43(71)34(21-28-14-16-30(65)17-15-28)59-42(70)33(13-10-20-54-47(52)53)58-41(69)32(12-7-9-19-49)57-40(68)31(50)11-6-8-18-48/h14-17,24-27,29,31-34,37-39,64-65H,6-13,18-23,48-50H2,1-5H3,(H2,51,66)(H,55,72)(H,56,67)(H,57,68)(H,58,69)(H,59,70)(H,60,73)(H,61,74)(H,62,71)(H4,52,53,54)/t27-,29+,31+,32+,33+,34+,37+,38+,39+/m1/s1. The van der Waals surface area contributed by atoms with Crippen LogP contribution in [0, 0.1) is 11.8 Å². The van der Waals surface area contributed by atoms with Crippen LogP contribution >= 0.6 is 0 Å². The number of aliphatic hydroxyl groups excluding tert-OH is 1. The number of rotatable bonds is 36. The van der Waals surface area contributed by atoms with Crippen molar-refractivity contribution < 1.29 is 58.2 Å². The van der Waals surface area contributed by atoms with E-state index in [2.05, 4.69) is 47.5 Å². The molecule has 416 valence electrons. The molecule has 0 spiro atoms. The van der Waals surface area contributed by atoms with E-state index >= 15 is 0 Å². The molecule has 0 radical (unpaired) electrons. The molecule has 0 unspecified atom stereocenters. The van der Waals surface area contributed by atoms with Gasteiger partial charge in [0.15, 0.2) is 5.96 Å². The van der Waals surface area contributed by atoms with Crippen LogP contribution in [0.1, 0.15) is 98.0 Å². The number of nitrogens with one attached hydrogen (secondary N) is 8. The molecule has 0 aliphatic rings. The summed E-state index contributed by atoms with van der Waals surface area (Å²) in [5.41, 5.74) is 33.9. The first-order valence-corrected chi connectivity index (χ1v) is 24.6. The minimum Gasteiger partial charge on any atom is -0.508 e. The number of aromatic hydroxyl groups is 1. The average Bonchev–Trinajstić information content (AvgIpc) is 3.33. The van der Waals surface area contributed by atoms with Gasteiger partial charge >= 0.3 is 0 Å². The Labute approximate surface area is 431 Å². The molecule has 22 N–H and O–H groups in total. The zero-order valence-electron chi connectivity index (χ0n) is 43.0. The highest BCUT2D eigenvalue weighted by molar-refractivity contribution is 5.98. The number of hydrogen-bond acceptors (Lipinski definition) is 16. The van der Waals surface area contributed by atoms with Crippen molar-refractivity contribution in [1.82, 2.24) is 42.5 Å². The highest BCUT2D eigenvalue weighted by Crippen LogP contribution is 2.14. The van der Waals surface area contributed by atoms with Crippen molar-refractivity contribution in [3.63, 3.8) is 0 Å². The number of guanidine groups is 1. The van der Waals surface area contributed by atoms with Crippen molar-refractivity contribution in [2.45, 2.75) is 153 Å². The Morgan fingerprint density at radius 3 is 1.57 bits per heavy atom. The molecule has 1 aromatic carbocycles. The van der Waals surface area contributed by atoms with Crippen molar-refractivity contribution in [3.05, 3.63) is 29.8 Å². The van der Waals surface area contributed by atoms with E-state index in [1.165, 1.54) is 31.2 Å². The van der Waals surface area contributed by atoms with Gasteiger partial charge in [-0.15, -0.1) is 0 Å². The highest BCUT2D eigenvalue weighted by atomic mass is 16.3. The highest BCUT2D eigenvalue weighted by Gasteiger charge is 2.36. The summed E-state index contributed by atoms with van der Waals surface area (Å²) >= 11 is 0. The second kappa shape index (κ2) is 34.5. The van der Waals surface area contributed by atoms with Crippen LogP contribution in [0.3, 0.4) is 0 Å². The van der Waals surface area contributed by atoms with Gasteiger partial charge in [0.25, 0.3) is 0 Å². The van der Waals surface area contributed by atoms with Gasteiger partial charge in [-0.05, 0) is 94.5 Å². The maximum absolute atomic E-state index is 14.3. The summed E-state index contributed by atoms with van der Waals surface area (Å²) in [5, 5.41) is 41.0. The van der Waals surface area contributed by atoms with Crippen molar-refractivity contribution in [3.8, 4) is 5.75 Å². The SMILES string of the molecule is CC(C)[C@H](NC(=O)[C@@H](NC(=O)[C@@H](NC(=O)[C@H](Cc1ccc(O)cc1)NC(=O)[C@H](CCCN=C(N)N)NC(=O)[C@H](CCCCN)NC(=O)[C@@H](N)CCCCN)[C@@H](C)O)C(C)C)C(=O)NCC(=O)N[C@H](C=O)CC(N)=O. The van der Waals surface area contributed by atoms with Crippen molar-refractivity contribution in [1.29, 1.82) is 0 Å². The largest absolute Gasteiger partial charge is 0.508 e. The maximum Gasteiger partial charge on any atom is 0.245 e. The maximum atomic E-state index is 14.3. The summed E-state index contributed by atoms with van der Waals surface area (Å²) in [6, 6.07) is -4.94. The van der Waals surface area contributed by atoms with E-state index < -0.39 is 132 Å². The topological polar surface area (TPSA) is 476 Å². The Kier molecular flexibility index (Phi) is 30.3. The molecule has 27 nitrogen and oxygen atoms in total. The fourth-order valence-corrected chi connectivity index (χ4v) is 7.17. The molecule has 0 aliphatic heterocycles. The van der Waals surface area contributed by atoms with Crippen molar-refractivity contribution >= 4 is 65.4 Å². The number of aldehydes is 1. The van der Waals surface area contributed by atoms with Crippen LogP contribution in [-0.2, 0) is 54.4 Å². The molecule has 0 saturated carbocycles. The van der Waals surface area contributed by atoms with Gasteiger partial charge in [-0.3, -0.25) is 48.1 Å². The summed E-state index contributed by atoms with van der Waals surface area (Å²) in [4.78, 5) is 135. The van der Waals surface area contributed by atoms with E-state index in [0.717, 1.165) is 0 Å². The Morgan fingerprint density at radius 2 is 1.07 bits per heavy atom. The van der Waals surface area contributed by atoms with Gasteiger partial charge in [-0.25, -0.2) is 0 Å². The molecule has 0 heterocycles. The van der Waals surface area contributed by atoms with Crippen molar-refractivity contribution in [2.24, 2.45) is 51.2 Å². The number of benzene rings is 1. The number of carbonyl (C=O) groups is 10. The molecule has 0 saturated heterocycles. The third-order valence-corrected chi connectivity index (χ3v) is 11.4. The summed E-state index contributed by atoms with van der Waals surface area (Å²) in [6.45, 7) is 7.69. The average molecular weight is 1050 g/mol. The third-order valence-electron chi connectivity index (χ3n) is 11.4. The quantitative estimate of drug-likeness (QED) is 0.0129. The lowest BCUT2D eigenvalue weighted by molar-refractivity contribution is -0.137. The number of hydrogen-bond donors (Lipinski definition) is 16. The van der Waals surface area contributed by atoms with E-state index in [4.69, 9.17) is 34.4 Å². The van der Waals surface area contributed by atoms with Crippen LogP contribution in [0.2, 0.25) is 0 Å². The molecule has 74 heavy (non-hydrogen) atoms. The molecule has 9 atom stereocenters. The second-order valence-electron chi connectivity index (χ2n) is 18.6. The lowest BCUT2D eigenvalue weighted by Crippen LogP contribution is -2.63. The first-order valence-electron chi connectivity index (χ1n) is 24.6. The molecule has 0 bridgehead atoms. The van der Waals surface area contributed by atoms with Crippen LogP contribution in [0.5, 0.6) is 5.75 Å². The molecule has 1 rings (SSSR count). The molecular formula is C47H81N15O12. The van der Waals surface area contributed by atoms with Gasteiger partial charge in [-0.2, -0.15) is 0 Å². The normalized spacial score (nSPS) is 14.7. The molecule has 9 amide bonds. The Hall–Kier alpha value is -6.97. The second-order valence-corrected chi connectivity index (χ2v) is 18.6. The fraction of sp³-hybridized carbons (Fsp3) is 0.638. The molecule has 0 aliphatic carbocycles. The molecule has 0 aromatic heterocycles. The predicted molar refractivity (Wildman–Crippen MR) is 273 cm³/mol. The zero-order chi connectivity index (χ0) is 56.1. The number of aliphatic hydroxyl groups is 1. The summed E-state index contributed by atoms with van der Waals surface area (Å²) in [5.74, 6) is -9.09. The summed E-state index contributed by atoms with van der Waals surface area (Å²) in [7, 11) is 0. The first kappa shape index (κ1) is 65.0. The number of nitrogens with two attached hydrogens (primary N) is 6. The van der Waals surface area contributed by atoms with E-state index in [-0.39, 0.29) is 43.9 Å². The van der Waals surface area contributed by atoms with Crippen molar-refractivity contribution in [2.75, 3.05) is 26.2 Å². The van der Waals surface area contributed by atoms with Crippen LogP contribution < -0.4 is 76.9 Å². The lowest BCUT2D eigenvalue weighted by Gasteiger charge is -2.30. The number of aliphatic imine (C=N–C) groups is 1. The first-order chi connectivity index (χ1) is 34.8. The van der Waals surface area contributed by atoms with Gasteiger partial charge in [0.05, 0.1) is 31.2 Å². The van der Waals surface area contributed by atoms with Crippen LogP contribution in [0.25, 0.3) is 0 Å². The van der Waals surface area contributed by atoms with E-state index in [0.29, 0.717) is 57.0 Å². The number of primary amides is 1. The predicted octanol–water partition coefficient (Wildman–Crippen LogP) is -5.15. The minimum atomic E-state index is -1.75.